The number of aliphatic hydroxyl groups is 1. The second-order valence-corrected chi connectivity index (χ2v) is 7.09. The molecule has 3 heteroatoms. The molecule has 108 valence electrons. The minimum Gasteiger partial charge on any atom is -0.465 e. The van der Waals surface area contributed by atoms with E-state index in [-0.39, 0.29) is 18.0 Å². The Morgan fingerprint density at radius 1 is 1.26 bits per heavy atom. The van der Waals surface area contributed by atoms with Crippen LogP contribution < -0.4 is 0 Å². The molecule has 4 bridgehead atoms. The van der Waals surface area contributed by atoms with Gasteiger partial charge in [-0.05, 0) is 55.8 Å². The van der Waals surface area contributed by atoms with Crippen molar-refractivity contribution in [2.45, 2.75) is 52.1 Å². The summed E-state index contributed by atoms with van der Waals surface area (Å²) in [6, 6.07) is 0. The van der Waals surface area contributed by atoms with Crippen molar-refractivity contribution in [3.63, 3.8) is 0 Å². The summed E-state index contributed by atoms with van der Waals surface area (Å²) in [5, 5.41) is 10.4. The van der Waals surface area contributed by atoms with Crippen molar-refractivity contribution in [1.82, 2.24) is 0 Å². The molecular weight excluding hydrogens is 240 g/mol. The molecule has 0 heterocycles. The smallest absolute Gasteiger partial charge is 0.308 e. The summed E-state index contributed by atoms with van der Waals surface area (Å²) in [4.78, 5) is 11.8. The third-order valence-electron chi connectivity index (χ3n) is 5.99. The van der Waals surface area contributed by atoms with E-state index in [1.165, 1.54) is 12.8 Å². The lowest BCUT2D eigenvalue weighted by atomic mass is 9.51. The number of carbonyl (C=O) groups excluding carboxylic acids is 1. The van der Waals surface area contributed by atoms with Gasteiger partial charge in [-0.25, -0.2) is 0 Å². The lowest BCUT2D eigenvalue weighted by Crippen LogP contribution is -2.54. The van der Waals surface area contributed by atoms with Gasteiger partial charge in [-0.15, -0.1) is 0 Å². The van der Waals surface area contributed by atoms with Gasteiger partial charge in [-0.1, -0.05) is 13.8 Å². The highest BCUT2D eigenvalue weighted by Gasteiger charge is 2.53. The fourth-order valence-electron chi connectivity index (χ4n) is 4.75. The van der Waals surface area contributed by atoms with Crippen molar-refractivity contribution in [2.24, 2.45) is 35.5 Å². The Balaban J connectivity index is 1.61. The molecule has 7 unspecified atom stereocenters. The molecule has 0 aromatic rings. The van der Waals surface area contributed by atoms with Gasteiger partial charge >= 0.3 is 5.97 Å². The summed E-state index contributed by atoms with van der Waals surface area (Å²) in [5.41, 5.74) is 0. The van der Waals surface area contributed by atoms with Crippen LogP contribution in [0.4, 0.5) is 0 Å². The van der Waals surface area contributed by atoms with Crippen LogP contribution in [-0.2, 0) is 9.53 Å². The van der Waals surface area contributed by atoms with Crippen LogP contribution in [0.15, 0.2) is 0 Å². The Labute approximate surface area is 115 Å². The van der Waals surface area contributed by atoms with E-state index in [4.69, 9.17) is 4.74 Å². The average Bonchev–Trinajstić information content (AvgIpc) is 2.41. The van der Waals surface area contributed by atoms with Crippen LogP contribution in [0.3, 0.4) is 0 Å². The Bertz CT molecular complexity index is 354. The quantitative estimate of drug-likeness (QED) is 0.796. The van der Waals surface area contributed by atoms with Crippen molar-refractivity contribution >= 4 is 5.97 Å². The molecule has 4 saturated carbocycles. The van der Waals surface area contributed by atoms with E-state index in [0.29, 0.717) is 30.3 Å². The minimum absolute atomic E-state index is 0.00163. The van der Waals surface area contributed by atoms with E-state index >= 15 is 0 Å². The molecule has 0 saturated heterocycles. The maximum absolute atomic E-state index is 11.8. The number of hydrogen-bond donors (Lipinski definition) is 1. The van der Waals surface area contributed by atoms with Crippen molar-refractivity contribution in [1.29, 1.82) is 0 Å². The van der Waals surface area contributed by atoms with Crippen LogP contribution in [0, 0.1) is 35.5 Å². The second-order valence-electron chi connectivity index (χ2n) is 7.09. The van der Waals surface area contributed by atoms with E-state index in [0.717, 1.165) is 25.2 Å². The number of carbonyl (C=O) groups is 1. The monoisotopic (exact) mass is 266 g/mol. The third kappa shape index (κ3) is 2.31. The molecular formula is C16H26O3. The largest absolute Gasteiger partial charge is 0.465 e. The highest BCUT2D eigenvalue weighted by molar-refractivity contribution is 5.71. The first-order chi connectivity index (χ1) is 9.10. The van der Waals surface area contributed by atoms with Crippen LogP contribution in [0.2, 0.25) is 0 Å². The highest BCUT2D eigenvalue weighted by Crippen LogP contribution is 2.56. The summed E-state index contributed by atoms with van der Waals surface area (Å²) < 4.78 is 5.52. The number of esters is 1. The third-order valence-corrected chi connectivity index (χ3v) is 5.99. The summed E-state index contributed by atoms with van der Waals surface area (Å²) in [6.07, 6.45) is 5.53. The molecule has 0 spiro atoms. The second kappa shape index (κ2) is 5.08. The fraction of sp³-hybridized carbons (Fsp3) is 0.938. The Kier molecular flexibility index (Phi) is 3.59. The standard InChI is InChI=1S/C16H26O3/c1-3-9(2)16(18)19-8-14-11-4-10-5-12(7-11)15(17)13(14)6-10/h9-15,17H,3-8H2,1-2H3. The van der Waals surface area contributed by atoms with E-state index in [9.17, 15) is 9.90 Å². The van der Waals surface area contributed by atoms with Crippen LogP contribution in [0.1, 0.15) is 46.0 Å². The molecule has 4 fully saturated rings. The predicted octanol–water partition coefficient (Wildman–Crippen LogP) is 2.62. The van der Waals surface area contributed by atoms with Gasteiger partial charge in [0.15, 0.2) is 0 Å². The first-order valence-corrected chi connectivity index (χ1v) is 7.94. The van der Waals surface area contributed by atoms with Gasteiger partial charge in [0, 0.05) is 5.92 Å². The zero-order chi connectivity index (χ0) is 13.6. The molecule has 3 nitrogen and oxygen atoms in total. The van der Waals surface area contributed by atoms with E-state index in [1.807, 2.05) is 13.8 Å². The molecule has 0 aliphatic heterocycles. The lowest BCUT2D eigenvalue weighted by molar-refractivity contribution is -0.166. The maximum atomic E-state index is 11.8. The zero-order valence-corrected chi connectivity index (χ0v) is 12.0. The normalized spacial score (nSPS) is 45.2. The molecule has 7 atom stereocenters. The summed E-state index contributed by atoms with van der Waals surface area (Å²) in [6.45, 7) is 4.47. The number of rotatable bonds is 4. The van der Waals surface area contributed by atoms with E-state index in [1.54, 1.807) is 0 Å². The number of hydrogen-bond acceptors (Lipinski definition) is 3. The van der Waals surface area contributed by atoms with Crippen LogP contribution in [-0.4, -0.2) is 23.8 Å². The molecule has 4 aliphatic rings. The lowest BCUT2D eigenvalue weighted by Gasteiger charge is -2.56. The van der Waals surface area contributed by atoms with Gasteiger partial charge in [-0.3, -0.25) is 4.79 Å². The molecule has 1 N–H and O–H groups in total. The van der Waals surface area contributed by atoms with Gasteiger partial charge in [0.2, 0.25) is 0 Å². The molecule has 4 rings (SSSR count). The van der Waals surface area contributed by atoms with Crippen molar-refractivity contribution in [2.75, 3.05) is 6.61 Å². The first kappa shape index (κ1) is 13.4. The Morgan fingerprint density at radius 3 is 2.74 bits per heavy atom. The van der Waals surface area contributed by atoms with Gasteiger partial charge in [-0.2, -0.15) is 0 Å². The van der Waals surface area contributed by atoms with E-state index < -0.39 is 0 Å². The topological polar surface area (TPSA) is 46.5 Å². The number of aliphatic hydroxyl groups excluding tert-OH is 1. The van der Waals surface area contributed by atoms with Gasteiger partial charge in [0.25, 0.3) is 0 Å². The summed E-state index contributed by atoms with van der Waals surface area (Å²) >= 11 is 0. The fourth-order valence-corrected chi connectivity index (χ4v) is 4.75. The summed E-state index contributed by atoms with van der Waals surface area (Å²) in [5.74, 6) is 2.79. The highest BCUT2D eigenvalue weighted by atomic mass is 16.5. The molecule has 0 aromatic heterocycles. The summed E-state index contributed by atoms with van der Waals surface area (Å²) in [7, 11) is 0. The molecule has 0 amide bonds. The van der Waals surface area contributed by atoms with Gasteiger partial charge < -0.3 is 9.84 Å². The molecule has 0 aromatic carbocycles. The first-order valence-electron chi connectivity index (χ1n) is 7.94. The van der Waals surface area contributed by atoms with Crippen LogP contribution in [0.5, 0.6) is 0 Å². The average molecular weight is 266 g/mol. The van der Waals surface area contributed by atoms with Crippen LogP contribution in [0.25, 0.3) is 0 Å². The SMILES string of the molecule is CCC(C)C(=O)OCC1C2CC3CC(C2)C(O)C1C3. The van der Waals surface area contributed by atoms with Crippen molar-refractivity contribution in [3.8, 4) is 0 Å². The van der Waals surface area contributed by atoms with Gasteiger partial charge in [0.1, 0.15) is 0 Å². The molecule has 4 aliphatic carbocycles. The van der Waals surface area contributed by atoms with Gasteiger partial charge in [0.05, 0.1) is 18.6 Å². The Morgan fingerprint density at radius 2 is 2.00 bits per heavy atom. The molecule has 19 heavy (non-hydrogen) atoms. The van der Waals surface area contributed by atoms with E-state index in [2.05, 4.69) is 0 Å². The van der Waals surface area contributed by atoms with Crippen molar-refractivity contribution < 1.29 is 14.6 Å². The Hall–Kier alpha value is -0.570. The van der Waals surface area contributed by atoms with Crippen molar-refractivity contribution in [3.05, 3.63) is 0 Å². The molecule has 0 radical (unpaired) electrons. The minimum atomic E-state index is -0.139. The number of ether oxygens (including phenoxy) is 1. The predicted molar refractivity (Wildman–Crippen MR) is 72.3 cm³/mol. The van der Waals surface area contributed by atoms with Crippen LogP contribution >= 0.6 is 0 Å². The zero-order valence-electron chi connectivity index (χ0n) is 12.0. The maximum Gasteiger partial charge on any atom is 0.308 e.